The first-order valence-electron chi connectivity index (χ1n) is 4.30. The van der Waals surface area contributed by atoms with Crippen molar-refractivity contribution in [1.29, 1.82) is 5.26 Å². The number of hydrogen-bond acceptors (Lipinski definition) is 4. The Bertz CT molecular complexity index is 488. The Balaban J connectivity index is 2.92. The molecule has 0 aliphatic carbocycles. The van der Waals surface area contributed by atoms with Crippen molar-refractivity contribution in [3.8, 4) is 6.07 Å². The van der Waals surface area contributed by atoms with Gasteiger partial charge in [0.25, 0.3) is 10.1 Å². The summed E-state index contributed by atoms with van der Waals surface area (Å²) in [5.41, 5.74) is 1.15. The Hall–Kier alpha value is -1.38. The van der Waals surface area contributed by atoms with Crippen LogP contribution in [0.1, 0.15) is 24.2 Å². The third-order valence-electron chi connectivity index (χ3n) is 1.80. The van der Waals surface area contributed by atoms with Crippen LogP contribution in [0.2, 0.25) is 0 Å². The van der Waals surface area contributed by atoms with Gasteiger partial charge in [-0.15, -0.1) is 0 Å². The predicted molar refractivity (Wildman–Crippen MR) is 55.5 cm³/mol. The lowest BCUT2D eigenvalue weighted by atomic mass is 10.1. The van der Waals surface area contributed by atoms with Gasteiger partial charge in [0.1, 0.15) is 0 Å². The van der Waals surface area contributed by atoms with E-state index < -0.39 is 16.2 Å². The van der Waals surface area contributed by atoms with Gasteiger partial charge in [0, 0.05) is 0 Å². The van der Waals surface area contributed by atoms with Crippen molar-refractivity contribution < 1.29 is 12.6 Å². The van der Waals surface area contributed by atoms with Gasteiger partial charge in [-0.2, -0.15) is 13.7 Å². The lowest BCUT2D eigenvalue weighted by molar-refractivity contribution is 0.236. The Morgan fingerprint density at radius 2 is 2.13 bits per heavy atom. The molecule has 5 heteroatoms. The number of hydrogen-bond donors (Lipinski definition) is 0. The maximum absolute atomic E-state index is 10.9. The highest BCUT2D eigenvalue weighted by Crippen LogP contribution is 2.19. The number of benzene rings is 1. The average molecular weight is 225 g/mol. The molecule has 0 amide bonds. The molecule has 1 unspecified atom stereocenters. The smallest absolute Gasteiger partial charge is 0.262 e. The fourth-order valence-corrected chi connectivity index (χ4v) is 1.81. The van der Waals surface area contributed by atoms with Crippen molar-refractivity contribution in [3.05, 3.63) is 35.4 Å². The second-order valence-corrected chi connectivity index (χ2v) is 4.78. The highest BCUT2D eigenvalue weighted by molar-refractivity contribution is 7.86. The summed E-state index contributed by atoms with van der Waals surface area (Å²) < 4.78 is 26.6. The van der Waals surface area contributed by atoms with Crippen molar-refractivity contribution in [2.75, 3.05) is 6.26 Å². The molecule has 0 fully saturated rings. The molecule has 0 saturated carbocycles. The zero-order chi connectivity index (χ0) is 11.5. The maximum Gasteiger partial charge on any atom is 0.264 e. The highest BCUT2D eigenvalue weighted by Gasteiger charge is 2.12. The average Bonchev–Trinajstić information content (AvgIpc) is 2.15. The Morgan fingerprint density at radius 1 is 1.47 bits per heavy atom. The van der Waals surface area contributed by atoms with Gasteiger partial charge in [-0.25, -0.2) is 0 Å². The minimum absolute atomic E-state index is 0.483. The summed E-state index contributed by atoms with van der Waals surface area (Å²) in [6.07, 6.45) is 0.422. The first kappa shape index (κ1) is 11.7. The van der Waals surface area contributed by atoms with E-state index >= 15 is 0 Å². The molecule has 1 aromatic carbocycles. The van der Waals surface area contributed by atoms with Crippen molar-refractivity contribution in [2.24, 2.45) is 0 Å². The predicted octanol–water partition coefficient (Wildman–Crippen LogP) is 1.60. The molecule has 0 heterocycles. The molecule has 0 aliphatic heterocycles. The van der Waals surface area contributed by atoms with Crippen molar-refractivity contribution in [1.82, 2.24) is 0 Å². The molecule has 0 bridgehead atoms. The summed E-state index contributed by atoms with van der Waals surface area (Å²) in [6.45, 7) is 1.62. The fraction of sp³-hybridized carbons (Fsp3) is 0.300. The van der Waals surface area contributed by atoms with E-state index in [9.17, 15) is 8.42 Å². The third-order valence-corrected chi connectivity index (χ3v) is 2.44. The minimum Gasteiger partial charge on any atom is -0.262 e. The Kier molecular flexibility index (Phi) is 3.45. The first-order valence-corrected chi connectivity index (χ1v) is 6.12. The van der Waals surface area contributed by atoms with E-state index in [-0.39, 0.29) is 0 Å². The summed E-state index contributed by atoms with van der Waals surface area (Å²) >= 11 is 0. The van der Waals surface area contributed by atoms with E-state index in [2.05, 4.69) is 0 Å². The molecule has 80 valence electrons. The number of rotatable bonds is 3. The van der Waals surface area contributed by atoms with Crippen molar-refractivity contribution >= 4 is 10.1 Å². The minimum atomic E-state index is -3.47. The molecule has 15 heavy (non-hydrogen) atoms. The molecular formula is C10H11NO3S. The van der Waals surface area contributed by atoms with Crippen LogP contribution in [0.25, 0.3) is 0 Å². The zero-order valence-corrected chi connectivity index (χ0v) is 9.28. The molecule has 0 saturated heterocycles. The largest absolute Gasteiger partial charge is 0.264 e. The maximum atomic E-state index is 10.9. The molecule has 0 aromatic heterocycles. The van der Waals surface area contributed by atoms with E-state index in [4.69, 9.17) is 9.44 Å². The van der Waals surface area contributed by atoms with Crippen LogP contribution in [0.5, 0.6) is 0 Å². The molecule has 0 radical (unpaired) electrons. The normalized spacial score (nSPS) is 13.1. The number of nitrogens with zero attached hydrogens (tertiary/aromatic N) is 1. The summed E-state index contributed by atoms with van der Waals surface area (Å²) in [5.74, 6) is 0. The van der Waals surface area contributed by atoms with Crippen LogP contribution in [0.3, 0.4) is 0 Å². The molecule has 1 atom stereocenters. The van der Waals surface area contributed by atoms with E-state index in [0.29, 0.717) is 11.1 Å². The van der Waals surface area contributed by atoms with Crippen LogP contribution in [-0.2, 0) is 14.3 Å². The van der Waals surface area contributed by atoms with Gasteiger partial charge in [-0.1, -0.05) is 12.1 Å². The Labute approximate surface area is 89.2 Å². The number of nitriles is 1. The van der Waals surface area contributed by atoms with Gasteiger partial charge >= 0.3 is 0 Å². The summed E-state index contributed by atoms with van der Waals surface area (Å²) in [5, 5.41) is 8.67. The van der Waals surface area contributed by atoms with Crippen LogP contribution >= 0.6 is 0 Å². The second kappa shape index (κ2) is 4.43. The quantitative estimate of drug-likeness (QED) is 0.733. The third kappa shape index (κ3) is 3.70. The van der Waals surface area contributed by atoms with Crippen LogP contribution < -0.4 is 0 Å². The van der Waals surface area contributed by atoms with Crippen LogP contribution in [0.4, 0.5) is 0 Å². The first-order chi connectivity index (χ1) is 6.92. The van der Waals surface area contributed by atoms with Gasteiger partial charge in [-0.05, 0) is 24.6 Å². The summed E-state index contributed by atoms with van der Waals surface area (Å²) in [4.78, 5) is 0. The lowest BCUT2D eigenvalue weighted by Crippen LogP contribution is -2.07. The van der Waals surface area contributed by atoms with Crippen LogP contribution in [-0.4, -0.2) is 14.7 Å². The summed E-state index contributed by atoms with van der Waals surface area (Å²) in [7, 11) is -3.47. The SMILES string of the molecule is CC(OS(C)(=O)=O)c1cccc(C#N)c1. The molecule has 4 nitrogen and oxygen atoms in total. The van der Waals surface area contributed by atoms with Crippen molar-refractivity contribution in [3.63, 3.8) is 0 Å². The van der Waals surface area contributed by atoms with E-state index in [1.165, 1.54) is 0 Å². The van der Waals surface area contributed by atoms with E-state index in [1.807, 2.05) is 6.07 Å². The molecule has 0 aliphatic rings. The van der Waals surface area contributed by atoms with Gasteiger partial charge in [0.2, 0.25) is 0 Å². The Morgan fingerprint density at radius 3 is 2.67 bits per heavy atom. The topological polar surface area (TPSA) is 67.2 Å². The van der Waals surface area contributed by atoms with Crippen LogP contribution in [0.15, 0.2) is 24.3 Å². The van der Waals surface area contributed by atoms with Gasteiger partial charge in [0.15, 0.2) is 0 Å². The standard InChI is InChI=1S/C10H11NO3S/c1-8(14-15(2,12)13)10-5-3-4-9(6-10)7-11/h3-6,8H,1-2H3. The molecule has 0 N–H and O–H groups in total. The molecule has 0 spiro atoms. The summed E-state index contributed by atoms with van der Waals surface area (Å²) in [6, 6.07) is 8.65. The molecule has 1 aromatic rings. The van der Waals surface area contributed by atoms with E-state index in [0.717, 1.165) is 6.26 Å². The highest BCUT2D eigenvalue weighted by atomic mass is 32.2. The van der Waals surface area contributed by atoms with Gasteiger partial charge in [-0.3, -0.25) is 4.18 Å². The van der Waals surface area contributed by atoms with E-state index in [1.54, 1.807) is 31.2 Å². The molecular weight excluding hydrogens is 214 g/mol. The fourth-order valence-electron chi connectivity index (χ4n) is 1.18. The lowest BCUT2D eigenvalue weighted by Gasteiger charge is -2.11. The van der Waals surface area contributed by atoms with Gasteiger partial charge in [0.05, 0.1) is 24.0 Å². The van der Waals surface area contributed by atoms with Crippen molar-refractivity contribution in [2.45, 2.75) is 13.0 Å². The van der Waals surface area contributed by atoms with Crippen LogP contribution in [0, 0.1) is 11.3 Å². The zero-order valence-electron chi connectivity index (χ0n) is 8.47. The second-order valence-electron chi connectivity index (χ2n) is 3.18. The monoisotopic (exact) mass is 225 g/mol. The van der Waals surface area contributed by atoms with Gasteiger partial charge < -0.3 is 0 Å². The molecule has 1 rings (SSSR count).